The normalized spacial score (nSPS) is 33.4. The summed E-state index contributed by atoms with van der Waals surface area (Å²) in [7, 11) is 0. The minimum Gasteiger partial charge on any atom is -0.393 e. The lowest BCUT2D eigenvalue weighted by atomic mass is 10.0. The zero-order valence-corrected chi connectivity index (χ0v) is 13.0. The van der Waals surface area contributed by atoms with Crippen molar-refractivity contribution in [1.29, 1.82) is 0 Å². The number of fused-ring (bicyclic) bond motifs is 1. The van der Waals surface area contributed by atoms with Crippen molar-refractivity contribution in [3.63, 3.8) is 0 Å². The van der Waals surface area contributed by atoms with E-state index in [-0.39, 0.29) is 11.9 Å². The molecule has 120 valence electrons. The van der Waals surface area contributed by atoms with Gasteiger partial charge in [-0.1, -0.05) is 12.1 Å². The number of rotatable bonds is 2. The van der Waals surface area contributed by atoms with Crippen LogP contribution in [0.2, 0.25) is 0 Å². The maximum Gasteiger partial charge on any atom is 0.146 e. The van der Waals surface area contributed by atoms with Crippen LogP contribution in [0.3, 0.4) is 0 Å². The summed E-state index contributed by atoms with van der Waals surface area (Å²) in [5.41, 5.74) is 0.752. The predicted octanol–water partition coefficient (Wildman–Crippen LogP) is 2.50. The molecule has 3 nitrogen and oxygen atoms in total. The van der Waals surface area contributed by atoms with Crippen LogP contribution in [0.15, 0.2) is 24.3 Å². The molecule has 1 aliphatic carbocycles. The number of aliphatic hydroxyl groups is 1. The van der Waals surface area contributed by atoms with Gasteiger partial charge in [0, 0.05) is 32.2 Å². The van der Waals surface area contributed by atoms with Crippen molar-refractivity contribution in [2.24, 2.45) is 11.8 Å². The fourth-order valence-corrected chi connectivity index (χ4v) is 4.78. The average molecular weight is 304 g/mol. The highest BCUT2D eigenvalue weighted by molar-refractivity contribution is 5.47. The second-order valence-corrected chi connectivity index (χ2v) is 7.27. The number of piperidine rings is 1. The summed E-state index contributed by atoms with van der Waals surface area (Å²) in [5, 5.41) is 9.76. The highest BCUT2D eigenvalue weighted by Gasteiger charge is 2.42. The molecular weight excluding hydrogens is 279 g/mol. The van der Waals surface area contributed by atoms with E-state index in [9.17, 15) is 9.50 Å². The monoisotopic (exact) mass is 304 g/mol. The molecule has 4 rings (SSSR count). The van der Waals surface area contributed by atoms with Crippen LogP contribution in [-0.4, -0.2) is 48.3 Å². The van der Waals surface area contributed by atoms with Gasteiger partial charge in [-0.15, -0.1) is 0 Å². The molecule has 0 radical (unpaired) electrons. The lowest BCUT2D eigenvalue weighted by molar-refractivity contribution is 0.144. The number of para-hydroxylation sites is 1. The molecule has 0 amide bonds. The molecule has 3 fully saturated rings. The van der Waals surface area contributed by atoms with Crippen LogP contribution in [0, 0.1) is 17.7 Å². The van der Waals surface area contributed by atoms with Crippen LogP contribution < -0.4 is 4.90 Å². The van der Waals surface area contributed by atoms with Gasteiger partial charge in [-0.25, -0.2) is 4.39 Å². The van der Waals surface area contributed by atoms with Crippen molar-refractivity contribution >= 4 is 5.69 Å². The van der Waals surface area contributed by atoms with E-state index < -0.39 is 0 Å². The topological polar surface area (TPSA) is 26.7 Å². The van der Waals surface area contributed by atoms with E-state index in [2.05, 4.69) is 9.80 Å². The van der Waals surface area contributed by atoms with Crippen LogP contribution in [0.5, 0.6) is 0 Å². The maximum atomic E-state index is 13.9. The van der Waals surface area contributed by atoms with Gasteiger partial charge in [0.05, 0.1) is 11.8 Å². The van der Waals surface area contributed by atoms with E-state index in [0.717, 1.165) is 57.5 Å². The third-order valence-electron chi connectivity index (χ3n) is 5.93. The molecule has 1 unspecified atom stereocenters. The number of aliphatic hydroxyl groups excluding tert-OH is 1. The minimum absolute atomic E-state index is 0.0555. The van der Waals surface area contributed by atoms with Crippen molar-refractivity contribution in [3.05, 3.63) is 30.1 Å². The standard InChI is InChI=1S/C18H25FN2O/c19-17-3-1-2-4-18(17)20-7-5-15(6-8-20)21-11-13-9-16(22)10-14(13)12-21/h1-4,13-16,22H,5-12H2/t13-,14+,16?. The van der Waals surface area contributed by atoms with E-state index in [1.54, 1.807) is 12.1 Å². The molecule has 3 atom stereocenters. The van der Waals surface area contributed by atoms with Gasteiger partial charge in [0.1, 0.15) is 5.82 Å². The van der Waals surface area contributed by atoms with Crippen molar-refractivity contribution < 1.29 is 9.50 Å². The summed E-state index contributed by atoms with van der Waals surface area (Å²) in [5.74, 6) is 1.31. The fraction of sp³-hybridized carbons (Fsp3) is 0.667. The highest BCUT2D eigenvalue weighted by atomic mass is 19.1. The Morgan fingerprint density at radius 2 is 1.64 bits per heavy atom. The summed E-state index contributed by atoms with van der Waals surface area (Å²) in [6.07, 6.45) is 4.18. The van der Waals surface area contributed by atoms with E-state index in [1.165, 1.54) is 0 Å². The molecule has 0 spiro atoms. The predicted molar refractivity (Wildman–Crippen MR) is 85.4 cm³/mol. The Balaban J connectivity index is 1.34. The van der Waals surface area contributed by atoms with Gasteiger partial charge in [-0.2, -0.15) is 0 Å². The Morgan fingerprint density at radius 1 is 1.00 bits per heavy atom. The molecule has 3 aliphatic rings. The molecule has 1 N–H and O–H groups in total. The SMILES string of the molecule is OC1C[C@@H]2CN(C3CCN(c4ccccc4F)CC3)C[C@@H]2C1. The summed E-state index contributed by atoms with van der Waals surface area (Å²) in [4.78, 5) is 4.83. The third-order valence-corrected chi connectivity index (χ3v) is 5.93. The number of anilines is 1. The molecular formula is C18H25FN2O. The molecule has 2 aliphatic heterocycles. The Kier molecular flexibility index (Phi) is 3.82. The molecule has 4 heteroatoms. The molecule has 2 heterocycles. The molecule has 1 aromatic carbocycles. The van der Waals surface area contributed by atoms with E-state index >= 15 is 0 Å². The smallest absolute Gasteiger partial charge is 0.146 e. The zero-order valence-electron chi connectivity index (χ0n) is 13.0. The average Bonchev–Trinajstić information content (AvgIpc) is 3.05. The lowest BCUT2D eigenvalue weighted by Crippen LogP contribution is -2.44. The second kappa shape index (κ2) is 5.82. The number of halogens is 1. The number of likely N-dealkylation sites (tertiary alicyclic amines) is 1. The van der Waals surface area contributed by atoms with Gasteiger partial charge >= 0.3 is 0 Å². The number of hydrogen-bond acceptors (Lipinski definition) is 3. The third kappa shape index (κ3) is 2.63. The molecule has 1 saturated carbocycles. The van der Waals surface area contributed by atoms with Crippen LogP contribution in [0.4, 0.5) is 10.1 Å². The van der Waals surface area contributed by atoms with Gasteiger partial charge in [0.25, 0.3) is 0 Å². The molecule has 22 heavy (non-hydrogen) atoms. The second-order valence-electron chi connectivity index (χ2n) is 7.27. The zero-order chi connectivity index (χ0) is 15.1. The Labute approximate surface area is 131 Å². The Hall–Kier alpha value is -1.13. The molecule has 2 saturated heterocycles. The first-order valence-corrected chi connectivity index (χ1v) is 8.62. The van der Waals surface area contributed by atoms with Gasteiger partial charge < -0.3 is 10.0 Å². The maximum absolute atomic E-state index is 13.9. The number of benzene rings is 1. The van der Waals surface area contributed by atoms with Crippen molar-refractivity contribution in [3.8, 4) is 0 Å². The molecule has 0 bridgehead atoms. The number of hydrogen-bond donors (Lipinski definition) is 1. The summed E-state index contributed by atoms with van der Waals surface area (Å²) >= 11 is 0. The first kappa shape index (κ1) is 14.5. The van der Waals surface area contributed by atoms with Crippen molar-refractivity contribution in [2.45, 2.75) is 37.8 Å². The Morgan fingerprint density at radius 3 is 2.27 bits per heavy atom. The largest absolute Gasteiger partial charge is 0.393 e. The van der Waals surface area contributed by atoms with Gasteiger partial charge in [0.2, 0.25) is 0 Å². The van der Waals surface area contributed by atoms with E-state index in [1.807, 2.05) is 12.1 Å². The van der Waals surface area contributed by atoms with Gasteiger partial charge in [-0.3, -0.25) is 4.90 Å². The van der Waals surface area contributed by atoms with E-state index in [0.29, 0.717) is 17.9 Å². The first-order chi connectivity index (χ1) is 10.7. The first-order valence-electron chi connectivity index (χ1n) is 8.62. The van der Waals surface area contributed by atoms with Crippen molar-refractivity contribution in [2.75, 3.05) is 31.1 Å². The Bertz CT molecular complexity index is 516. The van der Waals surface area contributed by atoms with Gasteiger partial charge in [-0.05, 0) is 49.7 Å². The summed E-state index contributed by atoms with van der Waals surface area (Å²) in [6.45, 7) is 4.21. The quantitative estimate of drug-likeness (QED) is 0.909. The fourth-order valence-electron chi connectivity index (χ4n) is 4.78. The number of nitrogens with zero attached hydrogens (tertiary/aromatic N) is 2. The van der Waals surface area contributed by atoms with Gasteiger partial charge in [0.15, 0.2) is 0 Å². The minimum atomic E-state index is -0.106. The lowest BCUT2D eigenvalue weighted by Gasteiger charge is -2.38. The van der Waals surface area contributed by atoms with E-state index in [4.69, 9.17) is 0 Å². The summed E-state index contributed by atoms with van der Waals surface area (Å²) < 4.78 is 13.9. The van der Waals surface area contributed by atoms with Crippen LogP contribution in [0.1, 0.15) is 25.7 Å². The molecule has 0 aromatic heterocycles. The van der Waals surface area contributed by atoms with Crippen LogP contribution in [0.25, 0.3) is 0 Å². The van der Waals surface area contributed by atoms with Crippen LogP contribution in [-0.2, 0) is 0 Å². The molecule has 1 aromatic rings. The van der Waals surface area contributed by atoms with Crippen molar-refractivity contribution in [1.82, 2.24) is 4.90 Å². The van der Waals surface area contributed by atoms with Crippen LogP contribution >= 0.6 is 0 Å². The highest BCUT2D eigenvalue weighted by Crippen LogP contribution is 2.40. The summed E-state index contributed by atoms with van der Waals surface area (Å²) in [6, 6.07) is 7.75.